The average Bonchev–Trinajstić information content (AvgIpc) is 2.09. The van der Waals surface area contributed by atoms with E-state index in [9.17, 15) is 0 Å². The van der Waals surface area contributed by atoms with Gasteiger partial charge in [0, 0.05) is 17.2 Å². The van der Waals surface area contributed by atoms with E-state index >= 15 is 0 Å². The van der Waals surface area contributed by atoms with E-state index in [2.05, 4.69) is 15.0 Å². The van der Waals surface area contributed by atoms with Gasteiger partial charge in [-0.2, -0.15) is 0 Å². The molecule has 0 fully saturated rings. The Morgan fingerprint density at radius 3 is 3.00 bits per heavy atom. The van der Waals surface area contributed by atoms with Gasteiger partial charge in [0.2, 0.25) is 5.88 Å². The van der Waals surface area contributed by atoms with E-state index in [0.29, 0.717) is 18.2 Å². The van der Waals surface area contributed by atoms with Crippen molar-refractivity contribution in [2.75, 3.05) is 6.61 Å². The van der Waals surface area contributed by atoms with Crippen molar-refractivity contribution < 1.29 is 4.74 Å². The van der Waals surface area contributed by atoms with Gasteiger partial charge in [-0.25, -0.2) is 4.98 Å². The molecule has 0 aliphatic carbocycles. The Hall–Kier alpha value is -1.74. The second kappa shape index (κ2) is 4.20. The summed E-state index contributed by atoms with van der Waals surface area (Å²) in [6.07, 6.45) is 1.46. The zero-order valence-corrected chi connectivity index (χ0v) is 6.64. The molecule has 0 amide bonds. The van der Waals surface area contributed by atoms with Crippen LogP contribution in [0.25, 0.3) is 10.4 Å². The van der Waals surface area contributed by atoms with Crippen molar-refractivity contribution in [2.45, 2.75) is 6.92 Å². The number of pyridine rings is 1. The highest BCUT2D eigenvalue weighted by Crippen LogP contribution is 2.13. The third-order valence-corrected chi connectivity index (χ3v) is 1.17. The van der Waals surface area contributed by atoms with Crippen LogP contribution in [0, 0.1) is 0 Å². The zero-order chi connectivity index (χ0) is 8.81. The number of azide groups is 1. The fraction of sp³-hybridized carbons (Fsp3) is 0.286. The summed E-state index contributed by atoms with van der Waals surface area (Å²) in [5.74, 6) is 0.536. The highest BCUT2D eigenvalue weighted by Gasteiger charge is 1.92. The molecule has 1 heterocycles. The Kier molecular flexibility index (Phi) is 2.93. The van der Waals surface area contributed by atoms with E-state index in [1.165, 1.54) is 6.20 Å². The minimum atomic E-state index is 0.487. The van der Waals surface area contributed by atoms with E-state index in [-0.39, 0.29) is 0 Å². The predicted molar refractivity (Wildman–Crippen MR) is 44.2 cm³/mol. The van der Waals surface area contributed by atoms with Crippen molar-refractivity contribution in [3.05, 3.63) is 28.8 Å². The van der Waals surface area contributed by atoms with Crippen molar-refractivity contribution in [3.8, 4) is 5.88 Å². The van der Waals surface area contributed by atoms with Crippen LogP contribution in [0.1, 0.15) is 6.92 Å². The molecule has 0 unspecified atom stereocenters. The van der Waals surface area contributed by atoms with Gasteiger partial charge in [-0.05, 0) is 18.5 Å². The molecular formula is C7H8N4O. The quantitative estimate of drug-likeness (QED) is 0.391. The van der Waals surface area contributed by atoms with E-state index < -0.39 is 0 Å². The number of hydrogen-bond acceptors (Lipinski definition) is 3. The van der Waals surface area contributed by atoms with Gasteiger partial charge in [-0.15, -0.1) is 0 Å². The SMILES string of the molecule is CCOc1ccc(N=[N+]=[N-])cn1. The van der Waals surface area contributed by atoms with Crippen LogP contribution in [0.4, 0.5) is 5.69 Å². The summed E-state index contributed by atoms with van der Waals surface area (Å²) in [6.45, 7) is 2.46. The molecule has 1 aromatic heterocycles. The molecule has 0 radical (unpaired) electrons. The summed E-state index contributed by atoms with van der Waals surface area (Å²) in [7, 11) is 0. The lowest BCUT2D eigenvalue weighted by Gasteiger charge is -1.99. The molecule has 5 heteroatoms. The Balaban J connectivity index is 2.77. The van der Waals surface area contributed by atoms with Gasteiger partial charge < -0.3 is 4.74 Å². The maximum Gasteiger partial charge on any atom is 0.213 e. The van der Waals surface area contributed by atoms with Crippen LogP contribution in [0.2, 0.25) is 0 Å². The number of rotatable bonds is 3. The number of nitrogens with zero attached hydrogens (tertiary/aromatic N) is 4. The molecule has 1 rings (SSSR count). The van der Waals surface area contributed by atoms with Gasteiger partial charge in [-0.3, -0.25) is 0 Å². The van der Waals surface area contributed by atoms with Crippen LogP contribution in [-0.2, 0) is 0 Å². The van der Waals surface area contributed by atoms with Crippen molar-refractivity contribution in [2.24, 2.45) is 5.11 Å². The van der Waals surface area contributed by atoms with Gasteiger partial charge >= 0.3 is 0 Å². The fourth-order valence-corrected chi connectivity index (χ4v) is 0.717. The van der Waals surface area contributed by atoms with E-state index in [1.54, 1.807) is 12.1 Å². The summed E-state index contributed by atoms with van der Waals surface area (Å²) in [5, 5.41) is 3.37. The average molecular weight is 164 g/mol. The molecule has 0 aliphatic heterocycles. The summed E-state index contributed by atoms with van der Waals surface area (Å²) in [4.78, 5) is 6.53. The maximum absolute atomic E-state index is 8.09. The topological polar surface area (TPSA) is 70.9 Å². The van der Waals surface area contributed by atoms with Crippen LogP contribution >= 0.6 is 0 Å². The van der Waals surface area contributed by atoms with Crippen LogP contribution < -0.4 is 4.74 Å². The summed E-state index contributed by atoms with van der Waals surface area (Å²) in [6, 6.07) is 3.31. The first-order valence-corrected chi connectivity index (χ1v) is 3.50. The predicted octanol–water partition coefficient (Wildman–Crippen LogP) is 2.42. The molecule has 1 aromatic rings. The first-order valence-electron chi connectivity index (χ1n) is 3.50. The highest BCUT2D eigenvalue weighted by atomic mass is 16.5. The monoisotopic (exact) mass is 164 g/mol. The Morgan fingerprint density at radius 2 is 2.50 bits per heavy atom. The molecule has 0 saturated carbocycles. The largest absolute Gasteiger partial charge is 0.478 e. The van der Waals surface area contributed by atoms with Gasteiger partial charge in [-0.1, -0.05) is 5.11 Å². The fourth-order valence-electron chi connectivity index (χ4n) is 0.717. The first kappa shape index (κ1) is 8.36. The summed E-state index contributed by atoms with van der Waals surface area (Å²) in [5.41, 5.74) is 8.58. The summed E-state index contributed by atoms with van der Waals surface area (Å²) < 4.78 is 5.09. The van der Waals surface area contributed by atoms with Crippen molar-refractivity contribution in [1.29, 1.82) is 0 Å². The second-order valence-corrected chi connectivity index (χ2v) is 1.98. The molecule has 0 aliphatic rings. The lowest BCUT2D eigenvalue weighted by atomic mass is 10.4. The molecule has 0 atom stereocenters. The molecule has 62 valence electrons. The molecule has 5 nitrogen and oxygen atoms in total. The van der Waals surface area contributed by atoms with Crippen LogP contribution in [0.15, 0.2) is 23.4 Å². The lowest BCUT2D eigenvalue weighted by Crippen LogP contribution is -1.92. The van der Waals surface area contributed by atoms with Crippen molar-refractivity contribution in [1.82, 2.24) is 4.98 Å². The highest BCUT2D eigenvalue weighted by molar-refractivity contribution is 5.35. The molecule has 0 aromatic carbocycles. The Morgan fingerprint density at radius 1 is 1.67 bits per heavy atom. The number of ether oxygens (including phenoxy) is 1. The van der Waals surface area contributed by atoms with Gasteiger partial charge in [0.1, 0.15) is 0 Å². The standard InChI is InChI=1S/C7H8N4O/c1-2-12-7-4-3-6(5-9-7)10-11-8/h3-5H,2H2,1H3. The second-order valence-electron chi connectivity index (χ2n) is 1.98. The zero-order valence-electron chi connectivity index (χ0n) is 6.64. The van der Waals surface area contributed by atoms with E-state index in [4.69, 9.17) is 10.3 Å². The smallest absolute Gasteiger partial charge is 0.213 e. The molecule has 0 bridgehead atoms. The molecule has 0 saturated heterocycles. The number of hydrogen-bond donors (Lipinski definition) is 0. The minimum absolute atomic E-state index is 0.487. The van der Waals surface area contributed by atoms with Gasteiger partial charge in [0.05, 0.1) is 12.3 Å². The molecule has 0 N–H and O–H groups in total. The first-order chi connectivity index (χ1) is 5.86. The third kappa shape index (κ3) is 2.14. The minimum Gasteiger partial charge on any atom is -0.478 e. The molecule has 12 heavy (non-hydrogen) atoms. The van der Waals surface area contributed by atoms with E-state index in [1.807, 2.05) is 6.92 Å². The van der Waals surface area contributed by atoms with Crippen molar-refractivity contribution in [3.63, 3.8) is 0 Å². The third-order valence-electron chi connectivity index (χ3n) is 1.17. The van der Waals surface area contributed by atoms with Crippen LogP contribution in [0.3, 0.4) is 0 Å². The summed E-state index contributed by atoms with van der Waals surface area (Å²) >= 11 is 0. The van der Waals surface area contributed by atoms with Crippen molar-refractivity contribution >= 4 is 5.69 Å². The maximum atomic E-state index is 8.09. The lowest BCUT2D eigenvalue weighted by molar-refractivity contribution is 0.327. The van der Waals surface area contributed by atoms with Gasteiger partial charge in [0.15, 0.2) is 0 Å². The Labute approximate surface area is 69.6 Å². The van der Waals surface area contributed by atoms with Crippen LogP contribution in [-0.4, -0.2) is 11.6 Å². The molecule has 0 spiro atoms. The Bertz CT molecular complexity index is 289. The van der Waals surface area contributed by atoms with Crippen LogP contribution in [0.5, 0.6) is 5.88 Å². The number of aromatic nitrogens is 1. The van der Waals surface area contributed by atoms with E-state index in [0.717, 1.165) is 0 Å². The normalized spacial score (nSPS) is 8.75. The molecular weight excluding hydrogens is 156 g/mol. The van der Waals surface area contributed by atoms with Gasteiger partial charge in [0.25, 0.3) is 0 Å².